The van der Waals surface area contributed by atoms with E-state index in [-0.39, 0.29) is 24.0 Å². The van der Waals surface area contributed by atoms with E-state index in [1.54, 1.807) is 31.3 Å². The molecule has 0 radical (unpaired) electrons. The normalized spacial score (nSPS) is 18.4. The highest BCUT2D eigenvalue weighted by atomic mass is 16.5. The fraction of sp³-hybridized carbons (Fsp3) is 0.611. The second-order valence-electron chi connectivity index (χ2n) is 6.98. The van der Waals surface area contributed by atoms with Crippen molar-refractivity contribution in [1.82, 2.24) is 14.8 Å². The number of aromatic nitrogens is 1. The van der Waals surface area contributed by atoms with Crippen molar-refractivity contribution < 1.29 is 14.3 Å². The summed E-state index contributed by atoms with van der Waals surface area (Å²) in [4.78, 5) is 31.6. The van der Waals surface area contributed by atoms with Crippen LogP contribution in [0.5, 0.6) is 5.88 Å². The van der Waals surface area contributed by atoms with E-state index in [2.05, 4.69) is 10.3 Å². The van der Waals surface area contributed by atoms with Gasteiger partial charge in [0, 0.05) is 52.0 Å². The zero-order chi connectivity index (χ0) is 17.8. The van der Waals surface area contributed by atoms with Crippen LogP contribution in [0, 0.1) is 5.92 Å². The first-order chi connectivity index (χ1) is 12.0. The lowest BCUT2D eigenvalue weighted by Gasteiger charge is -2.33. The van der Waals surface area contributed by atoms with Crippen LogP contribution in [-0.4, -0.2) is 60.0 Å². The van der Waals surface area contributed by atoms with Crippen LogP contribution >= 0.6 is 0 Å². The molecule has 1 aliphatic heterocycles. The third-order valence-corrected chi connectivity index (χ3v) is 4.86. The summed E-state index contributed by atoms with van der Waals surface area (Å²) < 4.78 is 5.91. The summed E-state index contributed by atoms with van der Waals surface area (Å²) in [5, 5.41) is 2.90. The number of carbonyl (C=O) groups excluding carboxylic acids is 2. The van der Waals surface area contributed by atoms with Gasteiger partial charge in [0.15, 0.2) is 0 Å². The topological polar surface area (TPSA) is 74.8 Å². The third kappa shape index (κ3) is 4.41. The van der Waals surface area contributed by atoms with Gasteiger partial charge >= 0.3 is 6.03 Å². The fourth-order valence-corrected chi connectivity index (χ4v) is 3.06. The number of rotatable bonds is 4. The number of urea groups is 1. The summed E-state index contributed by atoms with van der Waals surface area (Å²) in [6.45, 7) is 1.38. The maximum absolute atomic E-state index is 11.9. The Bertz CT molecular complexity index is 605. The van der Waals surface area contributed by atoms with Gasteiger partial charge in [0.1, 0.15) is 6.10 Å². The van der Waals surface area contributed by atoms with E-state index < -0.39 is 0 Å². The van der Waals surface area contributed by atoms with Crippen LogP contribution in [0.15, 0.2) is 18.3 Å². The van der Waals surface area contributed by atoms with Crippen LogP contribution in [0.25, 0.3) is 0 Å². The first kappa shape index (κ1) is 17.5. The number of hydrogen-bond acceptors (Lipinski definition) is 4. The van der Waals surface area contributed by atoms with E-state index in [4.69, 9.17) is 4.74 Å². The summed E-state index contributed by atoms with van der Waals surface area (Å²) in [6, 6.07) is 3.65. The Morgan fingerprint density at radius 1 is 1.20 bits per heavy atom. The molecule has 0 aromatic carbocycles. The zero-order valence-corrected chi connectivity index (χ0v) is 14.9. The van der Waals surface area contributed by atoms with Gasteiger partial charge in [0.2, 0.25) is 11.8 Å². The van der Waals surface area contributed by atoms with E-state index in [9.17, 15) is 9.59 Å². The fourth-order valence-electron chi connectivity index (χ4n) is 3.06. The van der Waals surface area contributed by atoms with E-state index >= 15 is 0 Å². The number of ether oxygens (including phenoxy) is 1. The van der Waals surface area contributed by atoms with Crippen LogP contribution < -0.4 is 10.1 Å². The Balaban J connectivity index is 1.46. The molecule has 2 heterocycles. The molecular weight excluding hydrogens is 320 g/mol. The van der Waals surface area contributed by atoms with Gasteiger partial charge in [0.25, 0.3) is 0 Å². The van der Waals surface area contributed by atoms with Crippen molar-refractivity contribution in [1.29, 1.82) is 0 Å². The summed E-state index contributed by atoms with van der Waals surface area (Å²) in [7, 11) is 3.53. The number of pyridine rings is 1. The SMILES string of the molecule is CN(C)C(=O)N1CCC(Oc2ccc(NC(=O)C3CCC3)cn2)CC1. The van der Waals surface area contributed by atoms with Crippen LogP contribution in [0.2, 0.25) is 0 Å². The predicted molar refractivity (Wildman–Crippen MR) is 94.5 cm³/mol. The first-order valence-electron chi connectivity index (χ1n) is 8.93. The van der Waals surface area contributed by atoms with Gasteiger partial charge in [-0.2, -0.15) is 0 Å². The average Bonchev–Trinajstić information content (AvgIpc) is 2.55. The molecule has 7 heteroatoms. The predicted octanol–water partition coefficient (Wildman–Crippen LogP) is 2.35. The molecule has 7 nitrogen and oxygen atoms in total. The number of hydrogen-bond donors (Lipinski definition) is 1. The second kappa shape index (κ2) is 7.72. The summed E-state index contributed by atoms with van der Waals surface area (Å²) >= 11 is 0. The molecule has 1 N–H and O–H groups in total. The monoisotopic (exact) mass is 346 g/mol. The van der Waals surface area contributed by atoms with Crippen LogP contribution in [0.4, 0.5) is 10.5 Å². The highest BCUT2D eigenvalue weighted by molar-refractivity contribution is 5.92. The lowest BCUT2D eigenvalue weighted by Crippen LogP contribution is -2.46. The molecular formula is C18H26N4O3. The van der Waals surface area contributed by atoms with E-state index in [0.717, 1.165) is 32.1 Å². The van der Waals surface area contributed by atoms with Crippen molar-refractivity contribution in [3.63, 3.8) is 0 Å². The second-order valence-corrected chi connectivity index (χ2v) is 6.98. The molecule has 1 saturated heterocycles. The standard InChI is InChI=1S/C18H26N4O3/c1-21(2)18(24)22-10-8-15(9-11-22)25-16-7-6-14(12-19-16)20-17(23)13-4-3-5-13/h6-7,12-13,15H,3-5,8-11H2,1-2H3,(H,20,23). The number of nitrogens with zero attached hydrogens (tertiary/aromatic N) is 3. The Kier molecular flexibility index (Phi) is 5.40. The molecule has 1 aromatic rings. The highest BCUT2D eigenvalue weighted by Gasteiger charge is 2.26. The van der Waals surface area contributed by atoms with Crippen molar-refractivity contribution in [3.8, 4) is 5.88 Å². The molecule has 25 heavy (non-hydrogen) atoms. The van der Waals surface area contributed by atoms with E-state index in [0.29, 0.717) is 24.7 Å². The van der Waals surface area contributed by atoms with E-state index in [1.807, 2.05) is 11.0 Å². The van der Waals surface area contributed by atoms with Crippen molar-refractivity contribution >= 4 is 17.6 Å². The molecule has 136 valence electrons. The average molecular weight is 346 g/mol. The molecule has 0 atom stereocenters. The molecule has 0 unspecified atom stereocenters. The quantitative estimate of drug-likeness (QED) is 0.908. The minimum atomic E-state index is 0.0446. The van der Waals surface area contributed by atoms with Gasteiger partial charge in [-0.25, -0.2) is 9.78 Å². The summed E-state index contributed by atoms with van der Waals surface area (Å²) in [6.07, 6.45) is 6.39. The Labute approximate surface area is 148 Å². The minimum absolute atomic E-state index is 0.0446. The van der Waals surface area contributed by atoms with Gasteiger partial charge in [0.05, 0.1) is 11.9 Å². The smallest absolute Gasteiger partial charge is 0.319 e. The van der Waals surface area contributed by atoms with Crippen molar-refractivity contribution in [2.24, 2.45) is 5.92 Å². The van der Waals surface area contributed by atoms with Gasteiger partial charge in [-0.3, -0.25) is 4.79 Å². The molecule has 0 spiro atoms. The van der Waals surface area contributed by atoms with Gasteiger partial charge in [-0.05, 0) is 18.9 Å². The number of carbonyl (C=O) groups is 2. The molecule has 1 aliphatic carbocycles. The molecule has 2 aliphatic rings. The van der Waals surface area contributed by atoms with Gasteiger partial charge < -0.3 is 19.9 Å². The van der Waals surface area contributed by atoms with Gasteiger partial charge in [-0.1, -0.05) is 6.42 Å². The Hall–Kier alpha value is -2.31. The molecule has 3 amide bonds. The largest absolute Gasteiger partial charge is 0.474 e. The van der Waals surface area contributed by atoms with Gasteiger partial charge in [-0.15, -0.1) is 0 Å². The lowest BCUT2D eigenvalue weighted by atomic mass is 9.85. The van der Waals surface area contributed by atoms with Crippen molar-refractivity contribution in [2.75, 3.05) is 32.5 Å². The summed E-state index contributed by atoms with van der Waals surface area (Å²) in [5.74, 6) is 0.796. The lowest BCUT2D eigenvalue weighted by molar-refractivity contribution is -0.122. The maximum atomic E-state index is 11.9. The van der Waals surface area contributed by atoms with Crippen molar-refractivity contribution in [3.05, 3.63) is 18.3 Å². The number of amides is 3. The number of likely N-dealkylation sites (tertiary alicyclic amines) is 1. The molecule has 3 rings (SSSR count). The maximum Gasteiger partial charge on any atom is 0.319 e. The molecule has 1 aromatic heterocycles. The zero-order valence-electron chi connectivity index (χ0n) is 14.9. The van der Waals surface area contributed by atoms with Crippen LogP contribution in [-0.2, 0) is 4.79 Å². The van der Waals surface area contributed by atoms with Crippen LogP contribution in [0.3, 0.4) is 0 Å². The number of nitrogens with one attached hydrogen (secondary N) is 1. The first-order valence-corrected chi connectivity index (χ1v) is 8.93. The third-order valence-electron chi connectivity index (χ3n) is 4.86. The Morgan fingerprint density at radius 3 is 2.44 bits per heavy atom. The molecule has 1 saturated carbocycles. The minimum Gasteiger partial charge on any atom is -0.474 e. The van der Waals surface area contributed by atoms with Crippen molar-refractivity contribution in [2.45, 2.75) is 38.2 Å². The van der Waals surface area contributed by atoms with Crippen LogP contribution in [0.1, 0.15) is 32.1 Å². The number of piperidine rings is 1. The number of anilines is 1. The summed E-state index contributed by atoms with van der Waals surface area (Å²) in [5.41, 5.74) is 0.704. The Morgan fingerprint density at radius 2 is 1.92 bits per heavy atom. The highest BCUT2D eigenvalue weighted by Crippen LogP contribution is 2.27. The van der Waals surface area contributed by atoms with E-state index in [1.165, 1.54) is 0 Å². The molecule has 0 bridgehead atoms. The molecule has 2 fully saturated rings.